The van der Waals surface area contributed by atoms with E-state index in [0.29, 0.717) is 25.0 Å². The van der Waals surface area contributed by atoms with Gasteiger partial charge in [-0.25, -0.2) is 4.98 Å². The Balaban J connectivity index is 2.01. The van der Waals surface area contributed by atoms with Crippen LogP contribution in [0.4, 0.5) is 5.95 Å². The van der Waals surface area contributed by atoms with Crippen LogP contribution >= 0.6 is 0 Å². The predicted molar refractivity (Wildman–Crippen MR) is 74.1 cm³/mol. The highest BCUT2D eigenvalue weighted by Gasteiger charge is 2.03. The molecule has 0 bridgehead atoms. The highest BCUT2D eigenvalue weighted by molar-refractivity contribution is 5.31. The van der Waals surface area contributed by atoms with Gasteiger partial charge in [0.1, 0.15) is 0 Å². The molecule has 0 aliphatic rings. The van der Waals surface area contributed by atoms with Gasteiger partial charge in [-0.15, -0.1) is 0 Å². The standard InChI is InChI=1S/C14H18N4O/c1-3-7-19-13-8-11(2)17-14(18-13)16-10-12-5-4-6-15-9-12/h4-6,8-9H,3,7,10H2,1-2H3,(H,16,17,18). The Morgan fingerprint density at radius 1 is 1.32 bits per heavy atom. The second-order valence-electron chi connectivity index (χ2n) is 4.23. The van der Waals surface area contributed by atoms with E-state index in [1.807, 2.05) is 31.3 Å². The van der Waals surface area contributed by atoms with Crippen molar-refractivity contribution < 1.29 is 4.74 Å². The molecular weight excluding hydrogens is 240 g/mol. The summed E-state index contributed by atoms with van der Waals surface area (Å²) in [6, 6.07) is 5.75. The van der Waals surface area contributed by atoms with Gasteiger partial charge in [0, 0.05) is 30.7 Å². The molecule has 100 valence electrons. The van der Waals surface area contributed by atoms with Crippen molar-refractivity contribution in [2.45, 2.75) is 26.8 Å². The molecule has 0 fully saturated rings. The summed E-state index contributed by atoms with van der Waals surface area (Å²) in [6.45, 7) is 5.30. The summed E-state index contributed by atoms with van der Waals surface area (Å²) in [5.41, 5.74) is 1.97. The van der Waals surface area contributed by atoms with Crippen LogP contribution in [-0.2, 0) is 6.54 Å². The molecule has 0 unspecified atom stereocenters. The Kier molecular flexibility index (Phi) is 4.66. The summed E-state index contributed by atoms with van der Waals surface area (Å²) in [4.78, 5) is 12.7. The van der Waals surface area contributed by atoms with E-state index in [2.05, 4.69) is 27.2 Å². The first-order chi connectivity index (χ1) is 9.28. The van der Waals surface area contributed by atoms with Crippen molar-refractivity contribution in [1.82, 2.24) is 15.0 Å². The third-order valence-electron chi connectivity index (χ3n) is 2.46. The summed E-state index contributed by atoms with van der Waals surface area (Å²) >= 11 is 0. The zero-order valence-corrected chi connectivity index (χ0v) is 11.3. The SMILES string of the molecule is CCCOc1cc(C)nc(NCc2cccnc2)n1. The van der Waals surface area contributed by atoms with E-state index in [9.17, 15) is 0 Å². The summed E-state index contributed by atoms with van der Waals surface area (Å²) in [7, 11) is 0. The van der Waals surface area contributed by atoms with Crippen molar-refractivity contribution in [2.24, 2.45) is 0 Å². The minimum absolute atomic E-state index is 0.579. The molecule has 2 rings (SSSR count). The number of nitrogens with one attached hydrogen (secondary N) is 1. The van der Waals surface area contributed by atoms with Crippen LogP contribution in [0.1, 0.15) is 24.6 Å². The maximum atomic E-state index is 5.53. The number of aromatic nitrogens is 3. The van der Waals surface area contributed by atoms with Gasteiger partial charge < -0.3 is 10.1 Å². The minimum Gasteiger partial charge on any atom is -0.478 e. The van der Waals surface area contributed by atoms with Crippen LogP contribution in [0.25, 0.3) is 0 Å². The topological polar surface area (TPSA) is 59.9 Å². The second kappa shape index (κ2) is 6.68. The predicted octanol–water partition coefficient (Wildman–Crippen LogP) is 2.58. The number of hydrogen-bond donors (Lipinski definition) is 1. The zero-order chi connectivity index (χ0) is 13.5. The quantitative estimate of drug-likeness (QED) is 0.863. The number of hydrogen-bond acceptors (Lipinski definition) is 5. The maximum Gasteiger partial charge on any atom is 0.226 e. The summed E-state index contributed by atoms with van der Waals surface area (Å²) in [5, 5.41) is 3.18. The van der Waals surface area contributed by atoms with E-state index in [4.69, 9.17) is 4.74 Å². The molecule has 5 heteroatoms. The maximum absolute atomic E-state index is 5.53. The largest absolute Gasteiger partial charge is 0.478 e. The smallest absolute Gasteiger partial charge is 0.226 e. The van der Waals surface area contributed by atoms with E-state index in [1.54, 1.807) is 6.20 Å². The highest BCUT2D eigenvalue weighted by atomic mass is 16.5. The van der Waals surface area contributed by atoms with Gasteiger partial charge in [0.2, 0.25) is 11.8 Å². The van der Waals surface area contributed by atoms with Gasteiger partial charge in [-0.1, -0.05) is 13.0 Å². The van der Waals surface area contributed by atoms with Crippen molar-refractivity contribution in [3.8, 4) is 5.88 Å². The molecule has 19 heavy (non-hydrogen) atoms. The normalized spacial score (nSPS) is 10.2. The zero-order valence-electron chi connectivity index (χ0n) is 11.3. The second-order valence-corrected chi connectivity index (χ2v) is 4.23. The Morgan fingerprint density at radius 3 is 2.95 bits per heavy atom. The Morgan fingerprint density at radius 2 is 2.21 bits per heavy atom. The molecule has 1 N–H and O–H groups in total. The van der Waals surface area contributed by atoms with Crippen LogP contribution < -0.4 is 10.1 Å². The lowest BCUT2D eigenvalue weighted by atomic mass is 10.3. The Bertz CT molecular complexity index is 516. The van der Waals surface area contributed by atoms with E-state index in [1.165, 1.54) is 0 Å². The monoisotopic (exact) mass is 258 g/mol. The van der Waals surface area contributed by atoms with Gasteiger partial charge in [-0.2, -0.15) is 4.98 Å². The molecule has 2 aromatic heterocycles. The fourth-order valence-corrected chi connectivity index (χ4v) is 1.58. The van der Waals surface area contributed by atoms with Gasteiger partial charge in [0.05, 0.1) is 6.61 Å². The molecule has 0 aliphatic heterocycles. The lowest BCUT2D eigenvalue weighted by molar-refractivity contribution is 0.305. The van der Waals surface area contributed by atoms with Crippen LogP contribution in [0.15, 0.2) is 30.6 Å². The molecule has 0 saturated heterocycles. The average molecular weight is 258 g/mol. The number of anilines is 1. The van der Waals surface area contributed by atoms with Gasteiger partial charge in [-0.05, 0) is 25.0 Å². The molecule has 0 spiro atoms. The van der Waals surface area contributed by atoms with Crippen LogP contribution in [0.3, 0.4) is 0 Å². The first-order valence-corrected chi connectivity index (χ1v) is 6.39. The molecule has 0 atom stereocenters. The molecule has 0 aromatic carbocycles. The number of aryl methyl sites for hydroxylation is 1. The van der Waals surface area contributed by atoms with Gasteiger partial charge in [0.15, 0.2) is 0 Å². The third-order valence-corrected chi connectivity index (χ3v) is 2.46. The van der Waals surface area contributed by atoms with E-state index < -0.39 is 0 Å². The summed E-state index contributed by atoms with van der Waals surface area (Å²) < 4.78 is 5.53. The molecule has 0 amide bonds. The van der Waals surface area contributed by atoms with E-state index in [-0.39, 0.29) is 0 Å². The van der Waals surface area contributed by atoms with Crippen molar-refractivity contribution in [3.63, 3.8) is 0 Å². The molecule has 0 radical (unpaired) electrons. The first kappa shape index (κ1) is 13.3. The lowest BCUT2D eigenvalue weighted by Crippen LogP contribution is -2.06. The van der Waals surface area contributed by atoms with Gasteiger partial charge in [-0.3, -0.25) is 4.98 Å². The molecule has 5 nitrogen and oxygen atoms in total. The Labute approximate surface area is 113 Å². The summed E-state index contributed by atoms with van der Waals surface area (Å²) in [6.07, 6.45) is 4.53. The van der Waals surface area contributed by atoms with Crippen molar-refractivity contribution in [2.75, 3.05) is 11.9 Å². The van der Waals surface area contributed by atoms with E-state index >= 15 is 0 Å². The molecule has 2 heterocycles. The fourth-order valence-electron chi connectivity index (χ4n) is 1.58. The van der Waals surface area contributed by atoms with Crippen LogP contribution in [0.2, 0.25) is 0 Å². The molecule has 0 aliphatic carbocycles. The number of nitrogens with zero attached hydrogens (tertiary/aromatic N) is 3. The molecule has 0 saturated carbocycles. The van der Waals surface area contributed by atoms with E-state index in [0.717, 1.165) is 17.7 Å². The number of rotatable bonds is 6. The van der Waals surface area contributed by atoms with Gasteiger partial charge in [0.25, 0.3) is 0 Å². The minimum atomic E-state index is 0.579. The molecule has 2 aromatic rings. The van der Waals surface area contributed by atoms with Crippen LogP contribution in [0.5, 0.6) is 5.88 Å². The fraction of sp³-hybridized carbons (Fsp3) is 0.357. The molecular formula is C14H18N4O. The third kappa shape index (κ3) is 4.21. The van der Waals surface area contributed by atoms with Crippen molar-refractivity contribution in [1.29, 1.82) is 0 Å². The van der Waals surface area contributed by atoms with Crippen LogP contribution in [-0.4, -0.2) is 21.6 Å². The number of ether oxygens (including phenoxy) is 1. The Hall–Kier alpha value is -2.17. The summed E-state index contributed by atoms with van der Waals surface area (Å²) in [5.74, 6) is 1.19. The van der Waals surface area contributed by atoms with Crippen molar-refractivity contribution in [3.05, 3.63) is 41.9 Å². The van der Waals surface area contributed by atoms with Crippen molar-refractivity contribution >= 4 is 5.95 Å². The average Bonchev–Trinajstić information content (AvgIpc) is 2.43. The lowest BCUT2D eigenvalue weighted by Gasteiger charge is -2.08. The first-order valence-electron chi connectivity index (χ1n) is 6.39. The highest BCUT2D eigenvalue weighted by Crippen LogP contribution is 2.13. The number of pyridine rings is 1. The van der Waals surface area contributed by atoms with Crippen LogP contribution in [0, 0.1) is 6.92 Å². The van der Waals surface area contributed by atoms with Gasteiger partial charge >= 0.3 is 0 Å².